The molecule has 0 spiro atoms. The molecule has 1 saturated heterocycles. The minimum absolute atomic E-state index is 0.599. The van der Waals surface area contributed by atoms with E-state index in [1.807, 2.05) is 50.6 Å². The van der Waals surface area contributed by atoms with Crippen LogP contribution in [-0.2, 0) is 7.05 Å². The molecule has 4 heterocycles. The fraction of sp³-hybridized carbons (Fsp3) is 0.333. The lowest BCUT2D eigenvalue weighted by atomic mass is 10.2. The lowest BCUT2D eigenvalue weighted by Crippen LogP contribution is -2.44. The number of fused-ring (bicyclic) bond motifs is 1. The second kappa shape index (κ2) is 9.03. The Balaban J connectivity index is 1.55. The molecular weight excluding hydrogens is 416 g/mol. The summed E-state index contributed by atoms with van der Waals surface area (Å²) in [4.78, 5) is 19.0. The molecule has 1 aromatic carbocycles. The van der Waals surface area contributed by atoms with Crippen molar-refractivity contribution in [2.75, 3.05) is 50.1 Å². The largest absolute Gasteiger partial charge is 0.494 e. The van der Waals surface area contributed by atoms with Crippen molar-refractivity contribution in [2.24, 2.45) is 7.05 Å². The molecule has 1 aliphatic heterocycles. The van der Waals surface area contributed by atoms with E-state index >= 15 is 0 Å². The number of rotatable bonds is 6. The van der Waals surface area contributed by atoms with E-state index < -0.39 is 0 Å². The lowest BCUT2D eigenvalue weighted by molar-refractivity contribution is 0.312. The Morgan fingerprint density at radius 3 is 2.64 bits per heavy atom. The number of aryl methyl sites for hydroxylation is 1. The molecule has 0 amide bonds. The van der Waals surface area contributed by atoms with Crippen LogP contribution in [0.4, 0.5) is 17.3 Å². The Morgan fingerprint density at radius 2 is 1.88 bits per heavy atom. The van der Waals surface area contributed by atoms with E-state index in [1.54, 1.807) is 10.9 Å². The summed E-state index contributed by atoms with van der Waals surface area (Å²) < 4.78 is 7.47. The topological polar surface area (TPSA) is 84.2 Å². The van der Waals surface area contributed by atoms with Crippen LogP contribution in [0, 0.1) is 0 Å². The zero-order chi connectivity index (χ0) is 22.8. The van der Waals surface area contributed by atoms with Crippen LogP contribution in [0.5, 0.6) is 5.75 Å². The Morgan fingerprint density at radius 1 is 1.03 bits per heavy atom. The third-order valence-electron chi connectivity index (χ3n) is 5.78. The van der Waals surface area contributed by atoms with Gasteiger partial charge in [0.05, 0.1) is 24.0 Å². The Labute approximate surface area is 193 Å². The van der Waals surface area contributed by atoms with Crippen molar-refractivity contribution in [2.45, 2.75) is 6.92 Å². The van der Waals surface area contributed by atoms with Gasteiger partial charge in [-0.3, -0.25) is 4.68 Å². The molecule has 0 radical (unpaired) electrons. The van der Waals surface area contributed by atoms with Gasteiger partial charge in [-0.25, -0.2) is 15.0 Å². The summed E-state index contributed by atoms with van der Waals surface area (Å²) in [6.45, 7) is 6.54. The zero-order valence-electron chi connectivity index (χ0n) is 19.2. The maximum Gasteiger partial charge on any atom is 0.162 e. The Bertz CT molecular complexity index is 1260. The number of hydrogen-bond donors (Lipinski definition) is 1. The molecule has 9 heteroatoms. The molecule has 0 saturated carbocycles. The Hall–Kier alpha value is -3.72. The van der Waals surface area contributed by atoms with Crippen LogP contribution < -0.4 is 15.0 Å². The van der Waals surface area contributed by atoms with E-state index in [4.69, 9.17) is 14.7 Å². The predicted molar refractivity (Wildman–Crippen MR) is 130 cm³/mol. The van der Waals surface area contributed by atoms with Crippen molar-refractivity contribution in [3.8, 4) is 17.1 Å². The van der Waals surface area contributed by atoms with Gasteiger partial charge in [-0.1, -0.05) is 0 Å². The summed E-state index contributed by atoms with van der Waals surface area (Å²) >= 11 is 0. The number of pyridine rings is 1. The molecule has 5 rings (SSSR count). The van der Waals surface area contributed by atoms with Gasteiger partial charge in [0.2, 0.25) is 0 Å². The molecule has 170 valence electrons. The molecule has 1 N–H and O–H groups in total. The van der Waals surface area contributed by atoms with Crippen molar-refractivity contribution in [3.63, 3.8) is 0 Å². The minimum atomic E-state index is 0.599. The van der Waals surface area contributed by atoms with Crippen molar-refractivity contribution in [1.82, 2.24) is 29.6 Å². The van der Waals surface area contributed by atoms with Crippen LogP contribution in [0.25, 0.3) is 22.3 Å². The molecule has 0 atom stereocenters. The molecule has 1 fully saturated rings. The van der Waals surface area contributed by atoms with Gasteiger partial charge in [-0.15, -0.1) is 0 Å². The zero-order valence-corrected chi connectivity index (χ0v) is 19.2. The van der Waals surface area contributed by atoms with Gasteiger partial charge in [-0.2, -0.15) is 5.10 Å². The lowest BCUT2D eigenvalue weighted by Gasteiger charge is -2.33. The van der Waals surface area contributed by atoms with E-state index in [9.17, 15) is 0 Å². The first-order chi connectivity index (χ1) is 16.1. The molecular formula is C24H28N8O. The first-order valence-corrected chi connectivity index (χ1v) is 11.2. The standard InChI is InChI=1S/C24H28N8O/c1-4-33-19-5-6-21-20(14-19)24(27-18-15-26-31(3)16-18)29-23(28-21)17-7-8-25-22(13-17)32-11-9-30(2)10-12-32/h5-8,13-16H,4,9-12H2,1-3H3,(H,27,28,29). The van der Waals surface area contributed by atoms with E-state index in [2.05, 4.69) is 38.3 Å². The molecule has 4 aromatic rings. The summed E-state index contributed by atoms with van der Waals surface area (Å²) in [5.74, 6) is 3.10. The number of piperazine rings is 1. The monoisotopic (exact) mass is 444 g/mol. The van der Waals surface area contributed by atoms with Crippen LogP contribution in [0.15, 0.2) is 48.9 Å². The van der Waals surface area contributed by atoms with Crippen molar-refractivity contribution in [1.29, 1.82) is 0 Å². The third-order valence-corrected chi connectivity index (χ3v) is 5.78. The number of likely N-dealkylation sites (N-methyl/N-ethyl adjacent to an activating group) is 1. The van der Waals surface area contributed by atoms with E-state index in [-0.39, 0.29) is 0 Å². The average molecular weight is 445 g/mol. The number of benzene rings is 1. The van der Waals surface area contributed by atoms with Gasteiger partial charge in [0, 0.05) is 56.6 Å². The second-order valence-corrected chi connectivity index (χ2v) is 8.23. The summed E-state index contributed by atoms with van der Waals surface area (Å²) in [5, 5.41) is 8.56. The normalized spacial score (nSPS) is 14.6. The summed E-state index contributed by atoms with van der Waals surface area (Å²) in [5.41, 5.74) is 2.63. The Kier molecular flexibility index (Phi) is 5.78. The van der Waals surface area contributed by atoms with E-state index in [0.717, 1.165) is 59.9 Å². The number of ether oxygens (including phenoxy) is 1. The maximum atomic E-state index is 5.71. The maximum absolute atomic E-state index is 5.71. The van der Waals surface area contributed by atoms with Gasteiger partial charge >= 0.3 is 0 Å². The van der Waals surface area contributed by atoms with Crippen LogP contribution in [0.2, 0.25) is 0 Å². The number of hydrogen-bond acceptors (Lipinski definition) is 8. The minimum Gasteiger partial charge on any atom is -0.494 e. The van der Waals surface area contributed by atoms with Gasteiger partial charge in [0.25, 0.3) is 0 Å². The average Bonchev–Trinajstić information content (AvgIpc) is 3.24. The highest BCUT2D eigenvalue weighted by molar-refractivity contribution is 5.93. The molecule has 0 aliphatic carbocycles. The van der Waals surface area contributed by atoms with Crippen LogP contribution in [0.3, 0.4) is 0 Å². The molecule has 3 aromatic heterocycles. The van der Waals surface area contributed by atoms with Gasteiger partial charge in [-0.05, 0) is 44.3 Å². The van der Waals surface area contributed by atoms with Crippen molar-refractivity contribution >= 4 is 28.2 Å². The predicted octanol–water partition coefficient (Wildman–Crippen LogP) is 3.32. The molecule has 0 unspecified atom stereocenters. The van der Waals surface area contributed by atoms with Gasteiger partial charge in [0.15, 0.2) is 5.82 Å². The first-order valence-electron chi connectivity index (χ1n) is 11.2. The highest BCUT2D eigenvalue weighted by atomic mass is 16.5. The van der Waals surface area contributed by atoms with Crippen LogP contribution in [-0.4, -0.2) is 69.5 Å². The highest BCUT2D eigenvalue weighted by Crippen LogP contribution is 2.31. The van der Waals surface area contributed by atoms with Gasteiger partial charge < -0.3 is 19.9 Å². The SMILES string of the molecule is CCOc1ccc2nc(-c3ccnc(N4CCN(C)CC4)c3)nc(Nc3cnn(C)c3)c2c1. The molecule has 33 heavy (non-hydrogen) atoms. The number of aromatic nitrogens is 5. The molecule has 9 nitrogen and oxygen atoms in total. The summed E-state index contributed by atoms with van der Waals surface area (Å²) in [7, 11) is 4.04. The van der Waals surface area contributed by atoms with E-state index in [0.29, 0.717) is 18.2 Å². The van der Waals surface area contributed by atoms with Crippen molar-refractivity contribution < 1.29 is 4.74 Å². The quantitative estimate of drug-likeness (QED) is 0.485. The number of anilines is 3. The summed E-state index contributed by atoms with van der Waals surface area (Å²) in [6, 6.07) is 9.93. The number of nitrogens with zero attached hydrogens (tertiary/aromatic N) is 7. The molecule has 0 bridgehead atoms. The highest BCUT2D eigenvalue weighted by Gasteiger charge is 2.17. The summed E-state index contributed by atoms with van der Waals surface area (Å²) in [6.07, 6.45) is 5.53. The fourth-order valence-corrected chi connectivity index (χ4v) is 3.98. The fourth-order valence-electron chi connectivity index (χ4n) is 3.98. The van der Waals surface area contributed by atoms with E-state index in [1.165, 1.54) is 0 Å². The first kappa shape index (κ1) is 21.1. The number of nitrogens with one attached hydrogen (secondary N) is 1. The second-order valence-electron chi connectivity index (χ2n) is 8.23. The molecule has 1 aliphatic rings. The third kappa shape index (κ3) is 4.58. The van der Waals surface area contributed by atoms with Crippen LogP contribution >= 0.6 is 0 Å². The van der Waals surface area contributed by atoms with Gasteiger partial charge in [0.1, 0.15) is 17.4 Å². The van der Waals surface area contributed by atoms with Crippen molar-refractivity contribution in [3.05, 3.63) is 48.9 Å². The smallest absolute Gasteiger partial charge is 0.162 e. The van der Waals surface area contributed by atoms with Crippen LogP contribution in [0.1, 0.15) is 6.92 Å².